The first-order valence-electron chi connectivity index (χ1n) is 5.58. The maximum absolute atomic E-state index is 11.5. The van der Waals surface area contributed by atoms with E-state index in [0.29, 0.717) is 6.61 Å². The first-order valence-corrected chi connectivity index (χ1v) is 5.58. The molecule has 1 N–H and O–H groups in total. The second kappa shape index (κ2) is 5.01. The van der Waals surface area contributed by atoms with E-state index in [1.54, 1.807) is 6.26 Å². The van der Waals surface area contributed by atoms with Gasteiger partial charge in [0.25, 0.3) is 0 Å². The summed E-state index contributed by atoms with van der Waals surface area (Å²) in [6.07, 6.45) is 1.88. The topological polar surface area (TPSA) is 51.5 Å². The van der Waals surface area contributed by atoms with Crippen molar-refractivity contribution < 1.29 is 14.0 Å². The normalized spacial score (nSPS) is 10.7. The van der Waals surface area contributed by atoms with Gasteiger partial charge in [-0.15, -0.1) is 0 Å². The third kappa shape index (κ3) is 2.65. The Bertz CT molecular complexity index is 530. The summed E-state index contributed by atoms with van der Waals surface area (Å²) in [6, 6.07) is 5.93. The molecule has 90 valence electrons. The van der Waals surface area contributed by atoms with E-state index in [9.17, 15) is 4.79 Å². The van der Waals surface area contributed by atoms with E-state index in [1.807, 2.05) is 32.0 Å². The predicted octanol–water partition coefficient (Wildman–Crippen LogP) is 2.35. The molecule has 0 radical (unpaired) electrons. The van der Waals surface area contributed by atoms with Crippen LogP contribution in [-0.4, -0.2) is 12.5 Å². The zero-order valence-corrected chi connectivity index (χ0v) is 9.95. The van der Waals surface area contributed by atoms with Crippen LogP contribution in [0.25, 0.3) is 11.0 Å². The lowest BCUT2D eigenvalue weighted by Gasteiger charge is -2.02. The van der Waals surface area contributed by atoms with Crippen molar-refractivity contribution in [3.63, 3.8) is 0 Å². The Hall–Kier alpha value is -1.81. The monoisotopic (exact) mass is 233 g/mol. The van der Waals surface area contributed by atoms with Crippen molar-refractivity contribution >= 4 is 16.9 Å². The number of rotatable bonds is 4. The summed E-state index contributed by atoms with van der Waals surface area (Å²) in [5.41, 5.74) is 5.18. The molecule has 0 aliphatic heterocycles. The Labute approximate surface area is 99.5 Å². The van der Waals surface area contributed by atoms with Gasteiger partial charge in [0.15, 0.2) is 0 Å². The highest BCUT2D eigenvalue weighted by Gasteiger charge is 2.10. The fourth-order valence-corrected chi connectivity index (χ4v) is 1.69. The lowest BCUT2D eigenvalue weighted by Crippen LogP contribution is -2.25. The SMILES string of the molecule is CCONC(=O)Cc1coc2cc(C)ccc12. The maximum Gasteiger partial charge on any atom is 0.248 e. The van der Waals surface area contributed by atoms with Crippen LogP contribution in [0.5, 0.6) is 0 Å². The third-order valence-electron chi connectivity index (χ3n) is 2.49. The van der Waals surface area contributed by atoms with Gasteiger partial charge in [-0.05, 0) is 25.5 Å². The van der Waals surface area contributed by atoms with Crippen molar-refractivity contribution in [3.05, 3.63) is 35.6 Å². The van der Waals surface area contributed by atoms with Crippen molar-refractivity contribution in [2.45, 2.75) is 20.3 Å². The highest BCUT2D eigenvalue weighted by molar-refractivity contribution is 5.87. The van der Waals surface area contributed by atoms with Crippen molar-refractivity contribution in [1.82, 2.24) is 5.48 Å². The van der Waals surface area contributed by atoms with Crippen LogP contribution >= 0.6 is 0 Å². The van der Waals surface area contributed by atoms with Gasteiger partial charge >= 0.3 is 0 Å². The number of fused-ring (bicyclic) bond motifs is 1. The van der Waals surface area contributed by atoms with Crippen molar-refractivity contribution in [2.75, 3.05) is 6.61 Å². The molecule has 1 heterocycles. The van der Waals surface area contributed by atoms with Gasteiger partial charge in [0.2, 0.25) is 5.91 Å². The molecule has 0 spiro atoms. The molecule has 0 aliphatic carbocycles. The molecule has 2 rings (SSSR count). The number of nitrogens with one attached hydrogen (secondary N) is 1. The third-order valence-corrected chi connectivity index (χ3v) is 2.49. The minimum Gasteiger partial charge on any atom is -0.464 e. The second-order valence-corrected chi connectivity index (χ2v) is 3.90. The van der Waals surface area contributed by atoms with Gasteiger partial charge in [0.1, 0.15) is 5.58 Å². The summed E-state index contributed by atoms with van der Waals surface area (Å²) < 4.78 is 5.41. The summed E-state index contributed by atoms with van der Waals surface area (Å²) in [5, 5.41) is 0.974. The van der Waals surface area contributed by atoms with Crippen LogP contribution in [0.3, 0.4) is 0 Å². The molecule has 0 saturated heterocycles. The maximum atomic E-state index is 11.5. The fraction of sp³-hybridized carbons (Fsp3) is 0.308. The molecule has 0 bridgehead atoms. The van der Waals surface area contributed by atoms with Crippen molar-refractivity contribution in [1.29, 1.82) is 0 Å². The number of carbonyl (C=O) groups is 1. The first kappa shape index (κ1) is 11.7. The molecule has 0 atom stereocenters. The van der Waals surface area contributed by atoms with Crippen molar-refractivity contribution in [2.24, 2.45) is 0 Å². The fourth-order valence-electron chi connectivity index (χ4n) is 1.69. The number of furan rings is 1. The Morgan fingerprint density at radius 3 is 3.06 bits per heavy atom. The van der Waals surface area contributed by atoms with E-state index in [0.717, 1.165) is 22.1 Å². The number of amides is 1. The molecule has 0 aliphatic rings. The number of hydrogen-bond acceptors (Lipinski definition) is 3. The molecule has 4 nitrogen and oxygen atoms in total. The van der Waals surface area contributed by atoms with Crippen LogP contribution in [0.15, 0.2) is 28.9 Å². The van der Waals surface area contributed by atoms with Gasteiger partial charge in [-0.3, -0.25) is 9.63 Å². The van der Waals surface area contributed by atoms with Gasteiger partial charge in [-0.2, -0.15) is 0 Å². The molecule has 1 aromatic heterocycles. The van der Waals surface area contributed by atoms with Crippen LogP contribution in [0.4, 0.5) is 0 Å². The molecule has 2 aromatic rings. The van der Waals surface area contributed by atoms with Crippen molar-refractivity contribution in [3.8, 4) is 0 Å². The smallest absolute Gasteiger partial charge is 0.248 e. The lowest BCUT2D eigenvalue weighted by atomic mass is 10.1. The molecule has 17 heavy (non-hydrogen) atoms. The number of carbonyl (C=O) groups excluding carboxylic acids is 1. The number of aryl methyl sites for hydroxylation is 1. The van der Waals surface area contributed by atoms with E-state index < -0.39 is 0 Å². The molecule has 0 saturated carbocycles. The summed E-state index contributed by atoms with van der Waals surface area (Å²) >= 11 is 0. The zero-order valence-electron chi connectivity index (χ0n) is 9.95. The number of benzene rings is 1. The van der Waals surface area contributed by atoms with E-state index >= 15 is 0 Å². The second-order valence-electron chi connectivity index (χ2n) is 3.90. The summed E-state index contributed by atoms with van der Waals surface area (Å²) in [5.74, 6) is -0.171. The molecule has 1 aromatic carbocycles. The number of hydroxylamine groups is 1. The van der Waals surface area contributed by atoms with Gasteiger partial charge in [0, 0.05) is 10.9 Å². The summed E-state index contributed by atoms with van der Waals surface area (Å²) in [4.78, 5) is 16.3. The highest BCUT2D eigenvalue weighted by Crippen LogP contribution is 2.22. The van der Waals surface area contributed by atoms with Gasteiger partial charge in [0.05, 0.1) is 19.3 Å². The molecule has 0 fully saturated rings. The Morgan fingerprint density at radius 1 is 1.47 bits per heavy atom. The average molecular weight is 233 g/mol. The van der Waals surface area contributed by atoms with Crippen LogP contribution in [0.1, 0.15) is 18.1 Å². The first-order chi connectivity index (χ1) is 8.20. The quantitative estimate of drug-likeness (QED) is 0.825. The van der Waals surface area contributed by atoms with E-state index in [1.165, 1.54) is 0 Å². The molecule has 4 heteroatoms. The van der Waals surface area contributed by atoms with Crippen LogP contribution in [0.2, 0.25) is 0 Å². The van der Waals surface area contributed by atoms with E-state index in [2.05, 4.69) is 5.48 Å². The molecule has 0 unspecified atom stereocenters. The Morgan fingerprint density at radius 2 is 2.29 bits per heavy atom. The Balaban J connectivity index is 2.16. The zero-order chi connectivity index (χ0) is 12.3. The molecule has 1 amide bonds. The highest BCUT2D eigenvalue weighted by atomic mass is 16.6. The summed E-state index contributed by atoms with van der Waals surface area (Å²) in [6.45, 7) is 4.27. The predicted molar refractivity (Wildman–Crippen MR) is 64.4 cm³/mol. The van der Waals surface area contributed by atoms with Crippen LogP contribution < -0.4 is 5.48 Å². The van der Waals surface area contributed by atoms with E-state index in [4.69, 9.17) is 9.25 Å². The minimum atomic E-state index is -0.171. The summed E-state index contributed by atoms with van der Waals surface area (Å²) in [7, 11) is 0. The van der Waals surface area contributed by atoms with E-state index in [-0.39, 0.29) is 12.3 Å². The standard InChI is InChI=1S/C13H15NO3/c1-3-17-14-13(15)7-10-8-16-12-6-9(2)4-5-11(10)12/h4-6,8H,3,7H2,1-2H3,(H,14,15). The lowest BCUT2D eigenvalue weighted by molar-refractivity contribution is -0.132. The minimum absolute atomic E-state index is 0.171. The molecular weight excluding hydrogens is 218 g/mol. The van der Waals surface area contributed by atoms with Crippen LogP contribution in [-0.2, 0) is 16.1 Å². The van der Waals surface area contributed by atoms with Crippen LogP contribution in [0, 0.1) is 6.92 Å². The average Bonchev–Trinajstić information content (AvgIpc) is 2.69. The number of hydrogen-bond donors (Lipinski definition) is 1. The van der Waals surface area contributed by atoms with Gasteiger partial charge in [-0.25, -0.2) is 5.48 Å². The Kier molecular flexibility index (Phi) is 3.44. The van der Waals surface area contributed by atoms with Gasteiger partial charge in [-0.1, -0.05) is 12.1 Å². The largest absolute Gasteiger partial charge is 0.464 e. The van der Waals surface area contributed by atoms with Gasteiger partial charge < -0.3 is 4.42 Å². The molecular formula is C13H15NO3.